The lowest BCUT2D eigenvalue weighted by atomic mass is 10.2. The molecule has 1 amide bonds. The predicted molar refractivity (Wildman–Crippen MR) is 80.1 cm³/mol. The van der Waals surface area contributed by atoms with Crippen LogP contribution in [0.3, 0.4) is 0 Å². The van der Waals surface area contributed by atoms with E-state index in [1.54, 1.807) is 6.33 Å². The number of aryl methyl sites for hydroxylation is 1. The average Bonchev–Trinajstić information content (AvgIpc) is 3.15. The summed E-state index contributed by atoms with van der Waals surface area (Å²) >= 11 is 1.46. The molecule has 7 nitrogen and oxygen atoms in total. The highest BCUT2D eigenvalue weighted by molar-refractivity contribution is 7.13. The first kappa shape index (κ1) is 14.2. The molecule has 0 aromatic carbocycles. The lowest BCUT2D eigenvalue weighted by Crippen LogP contribution is -2.39. The second-order valence-corrected chi connectivity index (χ2v) is 6.08. The first-order chi connectivity index (χ1) is 10.2. The molecule has 1 saturated heterocycles. The number of hydrogen-bond acceptors (Lipinski definition) is 6. The number of carbonyl (C=O) groups is 1. The molecule has 3 heterocycles. The number of carbonyl (C=O) groups excluding carboxylic acids is 1. The summed E-state index contributed by atoms with van der Waals surface area (Å²) in [5, 5.41) is 9.60. The summed E-state index contributed by atoms with van der Waals surface area (Å²) in [6.07, 6.45) is 5.46. The molecule has 2 aromatic heterocycles. The summed E-state index contributed by atoms with van der Waals surface area (Å²) in [5.41, 5.74) is 0.931. The monoisotopic (exact) mass is 306 g/mol. The Labute approximate surface area is 127 Å². The van der Waals surface area contributed by atoms with E-state index in [2.05, 4.69) is 25.3 Å². The van der Waals surface area contributed by atoms with Crippen LogP contribution in [-0.4, -0.2) is 49.7 Å². The molecule has 1 aliphatic rings. The average molecular weight is 306 g/mol. The number of rotatable bonds is 5. The fraction of sp³-hybridized carbons (Fsp3) is 0.538. The second kappa shape index (κ2) is 6.31. The highest BCUT2D eigenvalue weighted by Gasteiger charge is 2.26. The maximum Gasteiger partial charge on any atom is 0.240 e. The summed E-state index contributed by atoms with van der Waals surface area (Å²) in [7, 11) is 0. The van der Waals surface area contributed by atoms with Crippen LogP contribution in [0.5, 0.6) is 0 Å². The predicted octanol–water partition coefficient (Wildman–Crippen LogP) is 1.15. The van der Waals surface area contributed by atoms with Crippen LogP contribution in [0.1, 0.15) is 18.5 Å². The van der Waals surface area contributed by atoms with Gasteiger partial charge in [-0.05, 0) is 26.3 Å². The maximum absolute atomic E-state index is 12.1. The van der Waals surface area contributed by atoms with Crippen LogP contribution < -0.4 is 5.32 Å². The van der Waals surface area contributed by atoms with Crippen molar-refractivity contribution >= 4 is 22.4 Å². The van der Waals surface area contributed by atoms with Gasteiger partial charge < -0.3 is 5.32 Å². The van der Waals surface area contributed by atoms with Crippen molar-refractivity contribution in [2.75, 3.05) is 18.4 Å². The van der Waals surface area contributed by atoms with Crippen LogP contribution in [0.15, 0.2) is 18.0 Å². The third-order valence-corrected chi connectivity index (χ3v) is 4.45. The number of anilines is 1. The van der Waals surface area contributed by atoms with E-state index in [1.807, 2.05) is 17.0 Å². The van der Waals surface area contributed by atoms with Gasteiger partial charge in [-0.1, -0.05) is 0 Å². The highest BCUT2D eigenvalue weighted by Crippen LogP contribution is 2.19. The van der Waals surface area contributed by atoms with Gasteiger partial charge in [-0.2, -0.15) is 5.10 Å². The van der Waals surface area contributed by atoms with Gasteiger partial charge in [0.05, 0.1) is 18.8 Å². The molecular weight excluding hydrogens is 288 g/mol. The third-order valence-electron chi connectivity index (χ3n) is 3.58. The molecule has 1 aliphatic heterocycles. The molecule has 112 valence electrons. The van der Waals surface area contributed by atoms with Crippen LogP contribution in [-0.2, 0) is 11.3 Å². The first-order valence-electron chi connectivity index (χ1n) is 6.99. The van der Waals surface area contributed by atoms with Gasteiger partial charge in [0.2, 0.25) is 5.91 Å². The van der Waals surface area contributed by atoms with E-state index in [-0.39, 0.29) is 5.91 Å². The minimum Gasteiger partial charge on any atom is -0.301 e. The van der Waals surface area contributed by atoms with Gasteiger partial charge in [0.1, 0.15) is 12.7 Å². The SMILES string of the molecule is Cc1csc(NC(=O)CN2CCC[C@H]2Cn2cncn2)n1. The minimum atomic E-state index is -0.00478. The molecule has 1 atom stereocenters. The van der Waals surface area contributed by atoms with Crippen molar-refractivity contribution in [2.45, 2.75) is 32.4 Å². The van der Waals surface area contributed by atoms with Gasteiger partial charge in [-0.3, -0.25) is 14.4 Å². The van der Waals surface area contributed by atoms with Gasteiger partial charge >= 0.3 is 0 Å². The molecule has 0 bridgehead atoms. The van der Waals surface area contributed by atoms with E-state index in [1.165, 1.54) is 17.7 Å². The van der Waals surface area contributed by atoms with Crippen LogP contribution in [0.25, 0.3) is 0 Å². The highest BCUT2D eigenvalue weighted by atomic mass is 32.1. The van der Waals surface area contributed by atoms with E-state index < -0.39 is 0 Å². The smallest absolute Gasteiger partial charge is 0.240 e. The Kier molecular flexibility index (Phi) is 4.26. The Morgan fingerprint density at radius 1 is 1.57 bits per heavy atom. The summed E-state index contributed by atoms with van der Waals surface area (Å²) in [6.45, 7) is 4.05. The number of hydrogen-bond donors (Lipinski definition) is 1. The van der Waals surface area contributed by atoms with Crippen molar-refractivity contribution in [1.29, 1.82) is 0 Å². The third kappa shape index (κ3) is 3.64. The molecule has 0 radical (unpaired) electrons. The quantitative estimate of drug-likeness (QED) is 0.896. The number of aromatic nitrogens is 4. The number of amides is 1. The zero-order valence-electron chi connectivity index (χ0n) is 11.9. The molecular formula is C13H18N6OS. The molecule has 1 N–H and O–H groups in total. The van der Waals surface area contributed by atoms with E-state index in [0.29, 0.717) is 17.7 Å². The van der Waals surface area contributed by atoms with E-state index in [4.69, 9.17) is 0 Å². The van der Waals surface area contributed by atoms with Crippen molar-refractivity contribution in [2.24, 2.45) is 0 Å². The van der Waals surface area contributed by atoms with Gasteiger partial charge in [0.15, 0.2) is 5.13 Å². The number of nitrogens with one attached hydrogen (secondary N) is 1. The van der Waals surface area contributed by atoms with Gasteiger partial charge in [-0.15, -0.1) is 11.3 Å². The summed E-state index contributed by atoms with van der Waals surface area (Å²) in [5.74, 6) is -0.00478. The van der Waals surface area contributed by atoms with Crippen LogP contribution >= 0.6 is 11.3 Å². The molecule has 0 saturated carbocycles. The Hall–Kier alpha value is -1.80. The van der Waals surface area contributed by atoms with Crippen molar-refractivity contribution in [3.8, 4) is 0 Å². The largest absolute Gasteiger partial charge is 0.301 e. The molecule has 21 heavy (non-hydrogen) atoms. The van der Waals surface area contributed by atoms with Crippen molar-refractivity contribution in [1.82, 2.24) is 24.6 Å². The first-order valence-corrected chi connectivity index (χ1v) is 7.87. The van der Waals surface area contributed by atoms with E-state index >= 15 is 0 Å². The summed E-state index contributed by atoms with van der Waals surface area (Å²) in [4.78, 5) is 22.5. The van der Waals surface area contributed by atoms with Gasteiger partial charge in [-0.25, -0.2) is 9.97 Å². The molecule has 8 heteroatoms. The molecule has 0 aliphatic carbocycles. The maximum atomic E-state index is 12.1. The van der Waals surface area contributed by atoms with Crippen molar-refractivity contribution in [3.63, 3.8) is 0 Å². The summed E-state index contributed by atoms with van der Waals surface area (Å²) < 4.78 is 1.82. The van der Waals surface area contributed by atoms with Crippen LogP contribution in [0.4, 0.5) is 5.13 Å². The van der Waals surface area contributed by atoms with Crippen LogP contribution in [0.2, 0.25) is 0 Å². The normalized spacial score (nSPS) is 19.0. The molecule has 0 spiro atoms. The Morgan fingerprint density at radius 2 is 2.48 bits per heavy atom. The standard InChI is InChI=1S/C13H18N6OS/c1-10-7-21-13(16-10)17-12(20)6-18-4-2-3-11(18)5-19-9-14-8-15-19/h7-9,11H,2-6H2,1H3,(H,16,17,20)/t11-/m0/s1. The second-order valence-electron chi connectivity index (χ2n) is 5.23. The topological polar surface area (TPSA) is 75.9 Å². The fourth-order valence-electron chi connectivity index (χ4n) is 2.61. The van der Waals surface area contributed by atoms with E-state index in [9.17, 15) is 4.79 Å². The number of likely N-dealkylation sites (tertiary alicyclic amines) is 1. The van der Waals surface area contributed by atoms with E-state index in [0.717, 1.165) is 31.6 Å². The van der Waals surface area contributed by atoms with Crippen LogP contribution in [0, 0.1) is 6.92 Å². The number of thiazole rings is 1. The zero-order chi connectivity index (χ0) is 14.7. The van der Waals surface area contributed by atoms with Gasteiger partial charge in [0, 0.05) is 11.4 Å². The number of nitrogens with zero attached hydrogens (tertiary/aromatic N) is 5. The molecule has 0 unspecified atom stereocenters. The molecule has 3 rings (SSSR count). The minimum absolute atomic E-state index is 0.00478. The Bertz CT molecular complexity index is 596. The van der Waals surface area contributed by atoms with Gasteiger partial charge in [0.25, 0.3) is 0 Å². The molecule has 1 fully saturated rings. The van der Waals surface area contributed by atoms with Crippen molar-refractivity contribution in [3.05, 3.63) is 23.7 Å². The zero-order valence-corrected chi connectivity index (χ0v) is 12.7. The Morgan fingerprint density at radius 3 is 3.19 bits per heavy atom. The summed E-state index contributed by atoms with van der Waals surface area (Å²) in [6, 6.07) is 0.343. The van der Waals surface area contributed by atoms with Crippen molar-refractivity contribution < 1.29 is 4.79 Å². The fourth-order valence-corrected chi connectivity index (χ4v) is 3.31. The Balaban J connectivity index is 1.54. The lowest BCUT2D eigenvalue weighted by molar-refractivity contribution is -0.117. The molecule has 2 aromatic rings. The lowest BCUT2D eigenvalue weighted by Gasteiger charge is -2.23.